The minimum atomic E-state index is -0.852. The van der Waals surface area contributed by atoms with E-state index in [1.807, 2.05) is 30.3 Å². The molecule has 0 fully saturated rings. The number of rotatable bonds is 5. The van der Waals surface area contributed by atoms with E-state index in [9.17, 15) is 4.79 Å². The fraction of sp³-hybridized carbons (Fsp3) is 0.133. The van der Waals surface area contributed by atoms with Crippen molar-refractivity contribution in [1.82, 2.24) is 4.98 Å². The molecule has 0 aliphatic heterocycles. The first-order valence-electron chi connectivity index (χ1n) is 6.02. The van der Waals surface area contributed by atoms with Crippen molar-refractivity contribution in [2.45, 2.75) is 11.4 Å². The number of nitrogens with zero attached hydrogens (tertiary/aromatic N) is 2. The quantitative estimate of drug-likeness (QED) is 0.853. The van der Waals surface area contributed by atoms with E-state index in [0.717, 1.165) is 11.3 Å². The maximum atomic E-state index is 10.5. The van der Waals surface area contributed by atoms with Gasteiger partial charge < -0.3 is 5.11 Å². The monoisotopic (exact) mass is 284 g/mol. The second-order valence-corrected chi connectivity index (χ2v) is 5.10. The lowest BCUT2D eigenvalue weighted by molar-refractivity contribution is -0.136. The first-order chi connectivity index (χ1) is 9.70. The van der Waals surface area contributed by atoms with Crippen LogP contribution in [0.5, 0.6) is 0 Å². The number of carboxylic acid groups (broad SMARTS) is 1. The fourth-order valence-electron chi connectivity index (χ4n) is 1.64. The molecule has 100 valence electrons. The van der Waals surface area contributed by atoms with Crippen LogP contribution in [0.2, 0.25) is 0 Å². The summed E-state index contributed by atoms with van der Waals surface area (Å²) in [6, 6.07) is 15.3. The van der Waals surface area contributed by atoms with E-state index in [-0.39, 0.29) is 6.42 Å². The van der Waals surface area contributed by atoms with E-state index in [4.69, 9.17) is 10.4 Å². The van der Waals surface area contributed by atoms with Crippen molar-refractivity contribution in [3.05, 3.63) is 48.0 Å². The molecule has 20 heavy (non-hydrogen) atoms. The van der Waals surface area contributed by atoms with Crippen LogP contribution >= 0.6 is 11.8 Å². The van der Waals surface area contributed by atoms with Crippen LogP contribution in [0.3, 0.4) is 0 Å². The molecule has 0 radical (unpaired) electrons. The normalized spacial score (nSPS) is 9.95. The molecule has 0 unspecified atom stereocenters. The SMILES string of the molecule is N#Cc1ccc(-c2ccccc2)nc1SCCC(=O)O. The lowest BCUT2D eigenvalue weighted by Gasteiger charge is -2.06. The average Bonchev–Trinajstić information content (AvgIpc) is 2.47. The Morgan fingerprint density at radius 3 is 2.65 bits per heavy atom. The molecular weight excluding hydrogens is 272 g/mol. The van der Waals surface area contributed by atoms with Crippen LogP contribution < -0.4 is 0 Å². The molecule has 4 nitrogen and oxygen atoms in total. The van der Waals surface area contributed by atoms with Crippen molar-refractivity contribution in [2.75, 3.05) is 5.75 Å². The Bertz CT molecular complexity index is 651. The summed E-state index contributed by atoms with van der Waals surface area (Å²) >= 11 is 1.29. The molecule has 0 aliphatic carbocycles. The summed E-state index contributed by atoms with van der Waals surface area (Å²) in [5, 5.41) is 18.3. The van der Waals surface area contributed by atoms with Crippen LogP contribution in [0.25, 0.3) is 11.3 Å². The molecule has 1 heterocycles. The molecule has 0 saturated heterocycles. The van der Waals surface area contributed by atoms with Crippen LogP contribution in [0, 0.1) is 11.3 Å². The van der Waals surface area contributed by atoms with Gasteiger partial charge in [0, 0.05) is 11.3 Å². The van der Waals surface area contributed by atoms with Gasteiger partial charge in [-0.1, -0.05) is 30.3 Å². The number of aliphatic carboxylic acids is 1. The van der Waals surface area contributed by atoms with E-state index in [1.165, 1.54) is 11.8 Å². The summed E-state index contributed by atoms with van der Waals surface area (Å²) in [7, 11) is 0. The fourth-order valence-corrected chi connectivity index (χ4v) is 2.54. The maximum Gasteiger partial charge on any atom is 0.304 e. The van der Waals surface area contributed by atoms with Gasteiger partial charge in [-0.25, -0.2) is 4.98 Å². The topological polar surface area (TPSA) is 74.0 Å². The third-order valence-electron chi connectivity index (χ3n) is 2.60. The standard InChI is InChI=1S/C15H12N2O2S/c16-10-12-6-7-13(11-4-2-1-3-5-11)17-15(12)20-9-8-14(18)19/h1-7H,8-9H2,(H,18,19). The van der Waals surface area contributed by atoms with Crippen LogP contribution in [-0.2, 0) is 4.79 Å². The first-order valence-corrected chi connectivity index (χ1v) is 7.00. The summed E-state index contributed by atoms with van der Waals surface area (Å²) < 4.78 is 0. The largest absolute Gasteiger partial charge is 0.481 e. The second-order valence-electron chi connectivity index (χ2n) is 4.02. The zero-order chi connectivity index (χ0) is 14.4. The van der Waals surface area contributed by atoms with E-state index in [0.29, 0.717) is 16.3 Å². The molecule has 0 bridgehead atoms. The van der Waals surface area contributed by atoms with Crippen molar-refractivity contribution in [3.8, 4) is 17.3 Å². The van der Waals surface area contributed by atoms with Crippen LogP contribution in [0.1, 0.15) is 12.0 Å². The molecule has 0 aliphatic rings. The Kier molecular flexibility index (Phi) is 4.75. The van der Waals surface area contributed by atoms with Gasteiger partial charge >= 0.3 is 5.97 Å². The van der Waals surface area contributed by atoms with Gasteiger partial charge in [0.1, 0.15) is 11.1 Å². The number of thioether (sulfide) groups is 1. The van der Waals surface area contributed by atoms with Gasteiger partial charge in [-0.05, 0) is 12.1 Å². The average molecular weight is 284 g/mol. The minimum Gasteiger partial charge on any atom is -0.481 e. The smallest absolute Gasteiger partial charge is 0.304 e. The molecule has 0 saturated carbocycles. The summed E-state index contributed by atoms with van der Waals surface area (Å²) in [6.07, 6.45) is 0.0484. The third kappa shape index (κ3) is 3.59. The van der Waals surface area contributed by atoms with Gasteiger partial charge in [-0.15, -0.1) is 11.8 Å². The van der Waals surface area contributed by atoms with Crippen molar-refractivity contribution < 1.29 is 9.90 Å². The summed E-state index contributed by atoms with van der Waals surface area (Å²) in [5.74, 6) is -0.454. The second kappa shape index (κ2) is 6.73. The highest BCUT2D eigenvalue weighted by Crippen LogP contribution is 2.25. The van der Waals surface area contributed by atoms with Gasteiger partial charge in [0.15, 0.2) is 0 Å². The summed E-state index contributed by atoms with van der Waals surface area (Å²) in [5.41, 5.74) is 2.22. The number of aromatic nitrogens is 1. The summed E-state index contributed by atoms with van der Waals surface area (Å²) in [4.78, 5) is 15.0. The Balaban J connectivity index is 2.25. The van der Waals surface area contributed by atoms with Gasteiger partial charge in [-0.2, -0.15) is 5.26 Å². The Morgan fingerprint density at radius 1 is 1.25 bits per heavy atom. The highest BCUT2D eigenvalue weighted by atomic mass is 32.2. The Morgan fingerprint density at radius 2 is 2.00 bits per heavy atom. The van der Waals surface area contributed by atoms with Crippen LogP contribution in [-0.4, -0.2) is 21.8 Å². The number of carbonyl (C=O) groups is 1. The predicted octanol–water partition coefficient (Wildman–Crippen LogP) is 3.19. The molecule has 1 N–H and O–H groups in total. The van der Waals surface area contributed by atoms with Gasteiger partial charge in [0.05, 0.1) is 17.7 Å². The van der Waals surface area contributed by atoms with E-state index < -0.39 is 5.97 Å². The number of hydrogen-bond acceptors (Lipinski definition) is 4. The Hall–Kier alpha value is -2.32. The third-order valence-corrected chi connectivity index (χ3v) is 3.60. The van der Waals surface area contributed by atoms with Crippen molar-refractivity contribution in [2.24, 2.45) is 0 Å². The number of carboxylic acids is 1. The molecule has 1 aromatic heterocycles. The molecule has 0 atom stereocenters. The zero-order valence-corrected chi connectivity index (χ0v) is 11.4. The van der Waals surface area contributed by atoms with Gasteiger partial charge in [-0.3, -0.25) is 4.79 Å². The molecule has 0 amide bonds. The number of nitriles is 1. The highest BCUT2D eigenvalue weighted by molar-refractivity contribution is 7.99. The number of pyridine rings is 1. The molecule has 2 aromatic rings. The number of benzene rings is 1. The minimum absolute atomic E-state index is 0.0484. The van der Waals surface area contributed by atoms with Crippen molar-refractivity contribution in [3.63, 3.8) is 0 Å². The highest BCUT2D eigenvalue weighted by Gasteiger charge is 2.08. The lowest BCUT2D eigenvalue weighted by Crippen LogP contribution is -1.97. The predicted molar refractivity (Wildman–Crippen MR) is 77.4 cm³/mol. The van der Waals surface area contributed by atoms with E-state index >= 15 is 0 Å². The van der Waals surface area contributed by atoms with Gasteiger partial charge in [0.2, 0.25) is 0 Å². The van der Waals surface area contributed by atoms with E-state index in [1.54, 1.807) is 12.1 Å². The molecular formula is C15H12N2O2S. The molecule has 1 aromatic carbocycles. The Labute approximate surface area is 121 Å². The van der Waals surface area contributed by atoms with Crippen molar-refractivity contribution >= 4 is 17.7 Å². The molecule has 0 spiro atoms. The molecule has 5 heteroatoms. The molecule has 2 rings (SSSR count). The van der Waals surface area contributed by atoms with Crippen LogP contribution in [0.15, 0.2) is 47.5 Å². The summed E-state index contributed by atoms with van der Waals surface area (Å²) in [6.45, 7) is 0. The van der Waals surface area contributed by atoms with Gasteiger partial charge in [0.25, 0.3) is 0 Å². The number of hydrogen-bond donors (Lipinski definition) is 1. The first kappa shape index (κ1) is 14.1. The van der Waals surface area contributed by atoms with Crippen LogP contribution in [0.4, 0.5) is 0 Å². The maximum absolute atomic E-state index is 10.5. The van der Waals surface area contributed by atoms with Crippen molar-refractivity contribution in [1.29, 1.82) is 5.26 Å². The zero-order valence-electron chi connectivity index (χ0n) is 10.6. The lowest BCUT2D eigenvalue weighted by atomic mass is 10.1. The van der Waals surface area contributed by atoms with E-state index in [2.05, 4.69) is 11.1 Å².